The molecule has 3 aromatic rings. The molecule has 1 atom stereocenters. The van der Waals surface area contributed by atoms with E-state index in [9.17, 15) is 4.79 Å². The first-order valence-electron chi connectivity index (χ1n) is 9.95. The lowest BCUT2D eigenvalue weighted by molar-refractivity contribution is 0.185. The van der Waals surface area contributed by atoms with Crippen LogP contribution in [0.25, 0.3) is 0 Å². The SMILES string of the molecule is Cc1ccc(Cc2nsc(N3CCN(C(=O)Nc4ccccc4Br)C(C)C3)n2)cc1. The summed E-state index contributed by atoms with van der Waals surface area (Å²) in [5.74, 6) is 0.848. The summed E-state index contributed by atoms with van der Waals surface area (Å²) >= 11 is 4.91. The van der Waals surface area contributed by atoms with Crippen molar-refractivity contribution in [1.29, 1.82) is 0 Å². The van der Waals surface area contributed by atoms with Crippen LogP contribution in [0.5, 0.6) is 0 Å². The maximum Gasteiger partial charge on any atom is 0.322 e. The van der Waals surface area contributed by atoms with Gasteiger partial charge >= 0.3 is 6.03 Å². The van der Waals surface area contributed by atoms with Crippen LogP contribution in [0.1, 0.15) is 23.9 Å². The van der Waals surface area contributed by atoms with Crippen molar-refractivity contribution in [2.24, 2.45) is 0 Å². The largest absolute Gasteiger partial charge is 0.343 e. The zero-order chi connectivity index (χ0) is 21.1. The Kier molecular flexibility index (Phi) is 6.34. The summed E-state index contributed by atoms with van der Waals surface area (Å²) in [4.78, 5) is 21.6. The van der Waals surface area contributed by atoms with Crippen molar-refractivity contribution in [1.82, 2.24) is 14.3 Å². The molecular weight excluding hydrogens is 462 g/mol. The lowest BCUT2D eigenvalue weighted by atomic mass is 10.1. The molecule has 0 radical (unpaired) electrons. The van der Waals surface area contributed by atoms with Crippen molar-refractivity contribution in [3.05, 3.63) is 70.0 Å². The van der Waals surface area contributed by atoms with Gasteiger partial charge in [0.15, 0.2) is 0 Å². The highest BCUT2D eigenvalue weighted by atomic mass is 79.9. The number of aryl methyl sites for hydroxylation is 1. The van der Waals surface area contributed by atoms with Crippen LogP contribution < -0.4 is 10.2 Å². The van der Waals surface area contributed by atoms with E-state index in [0.29, 0.717) is 6.54 Å². The van der Waals surface area contributed by atoms with Gasteiger partial charge in [0.1, 0.15) is 5.82 Å². The smallest absolute Gasteiger partial charge is 0.322 e. The van der Waals surface area contributed by atoms with E-state index >= 15 is 0 Å². The van der Waals surface area contributed by atoms with Gasteiger partial charge in [0.25, 0.3) is 0 Å². The molecular formula is C22H24BrN5OS. The summed E-state index contributed by atoms with van der Waals surface area (Å²) in [5, 5.41) is 3.92. The number of para-hydroxylation sites is 1. The third-order valence-electron chi connectivity index (χ3n) is 5.21. The molecule has 156 valence electrons. The van der Waals surface area contributed by atoms with Crippen molar-refractivity contribution in [2.45, 2.75) is 26.3 Å². The Hall–Kier alpha value is -2.45. The third kappa shape index (κ3) is 4.82. The molecule has 1 aliphatic heterocycles. The Morgan fingerprint density at radius 3 is 2.70 bits per heavy atom. The minimum absolute atomic E-state index is 0.0747. The maximum absolute atomic E-state index is 12.8. The van der Waals surface area contributed by atoms with E-state index in [2.05, 4.69) is 68.6 Å². The molecule has 2 amide bonds. The highest BCUT2D eigenvalue weighted by Crippen LogP contribution is 2.25. The quantitative estimate of drug-likeness (QED) is 0.568. The molecule has 2 aromatic carbocycles. The van der Waals surface area contributed by atoms with E-state index in [1.165, 1.54) is 22.7 Å². The van der Waals surface area contributed by atoms with Gasteiger partial charge in [-0.3, -0.25) is 0 Å². The Morgan fingerprint density at radius 2 is 1.97 bits per heavy atom. The van der Waals surface area contributed by atoms with Crippen LogP contribution in [-0.4, -0.2) is 46.0 Å². The number of urea groups is 1. The average molecular weight is 486 g/mol. The van der Waals surface area contributed by atoms with E-state index in [4.69, 9.17) is 4.98 Å². The fourth-order valence-electron chi connectivity index (χ4n) is 3.52. The van der Waals surface area contributed by atoms with E-state index < -0.39 is 0 Å². The summed E-state index contributed by atoms with van der Waals surface area (Å²) in [6.07, 6.45) is 0.737. The summed E-state index contributed by atoms with van der Waals surface area (Å²) in [6, 6.07) is 16.1. The molecule has 1 unspecified atom stereocenters. The van der Waals surface area contributed by atoms with E-state index in [1.54, 1.807) is 0 Å². The second kappa shape index (κ2) is 9.14. The van der Waals surface area contributed by atoms with Gasteiger partial charge in [-0.05, 0) is 47.5 Å². The Morgan fingerprint density at radius 1 is 1.20 bits per heavy atom. The number of anilines is 2. The highest BCUT2D eigenvalue weighted by Gasteiger charge is 2.29. The van der Waals surface area contributed by atoms with Crippen LogP contribution >= 0.6 is 27.5 Å². The Balaban J connectivity index is 1.36. The number of rotatable bonds is 4. The Labute approximate surface area is 189 Å². The van der Waals surface area contributed by atoms with Gasteiger partial charge in [-0.2, -0.15) is 4.37 Å². The van der Waals surface area contributed by atoms with Crippen LogP contribution in [-0.2, 0) is 6.42 Å². The molecule has 1 N–H and O–H groups in total. The first-order valence-corrected chi connectivity index (χ1v) is 11.5. The molecule has 0 bridgehead atoms. The van der Waals surface area contributed by atoms with E-state index in [0.717, 1.165) is 40.6 Å². The Bertz CT molecular complexity index is 1020. The molecule has 0 saturated carbocycles. The van der Waals surface area contributed by atoms with Crippen LogP contribution in [0.15, 0.2) is 53.0 Å². The predicted octanol–water partition coefficient (Wildman–Crippen LogP) is 4.94. The van der Waals surface area contributed by atoms with Gasteiger partial charge in [0.2, 0.25) is 5.13 Å². The topological polar surface area (TPSA) is 61.4 Å². The number of nitrogens with one attached hydrogen (secondary N) is 1. The minimum Gasteiger partial charge on any atom is -0.343 e. The average Bonchev–Trinajstić information content (AvgIpc) is 3.20. The van der Waals surface area contributed by atoms with Crippen LogP contribution in [0, 0.1) is 6.92 Å². The molecule has 2 heterocycles. The number of halogens is 1. The van der Waals surface area contributed by atoms with Gasteiger partial charge in [-0.15, -0.1) is 0 Å². The van der Waals surface area contributed by atoms with Crippen molar-refractivity contribution in [3.8, 4) is 0 Å². The third-order valence-corrected chi connectivity index (χ3v) is 6.72. The number of carbonyl (C=O) groups excluding carboxylic acids is 1. The van der Waals surface area contributed by atoms with E-state index in [1.807, 2.05) is 29.2 Å². The zero-order valence-corrected chi connectivity index (χ0v) is 19.4. The van der Waals surface area contributed by atoms with Gasteiger partial charge < -0.3 is 15.1 Å². The number of nitrogens with zero attached hydrogens (tertiary/aromatic N) is 4. The van der Waals surface area contributed by atoms with Crippen molar-refractivity contribution >= 4 is 44.3 Å². The van der Waals surface area contributed by atoms with Crippen LogP contribution in [0.3, 0.4) is 0 Å². The number of hydrogen-bond acceptors (Lipinski definition) is 5. The predicted molar refractivity (Wildman–Crippen MR) is 125 cm³/mol. The fraction of sp³-hybridized carbons (Fsp3) is 0.318. The normalized spacial score (nSPS) is 16.6. The number of benzene rings is 2. The van der Waals surface area contributed by atoms with Gasteiger partial charge in [0, 0.05) is 48.1 Å². The summed E-state index contributed by atoms with van der Waals surface area (Å²) in [6.45, 7) is 6.28. The number of piperazine rings is 1. The summed E-state index contributed by atoms with van der Waals surface area (Å²) < 4.78 is 5.42. The zero-order valence-electron chi connectivity index (χ0n) is 17.0. The van der Waals surface area contributed by atoms with Gasteiger partial charge in [0.05, 0.1) is 5.69 Å². The second-order valence-electron chi connectivity index (χ2n) is 7.55. The van der Waals surface area contributed by atoms with E-state index in [-0.39, 0.29) is 12.1 Å². The maximum atomic E-state index is 12.8. The standard InChI is InChI=1S/C22H24BrN5OS/c1-15-7-9-17(10-8-15)13-20-25-22(30-26-20)27-11-12-28(16(2)14-27)21(29)24-19-6-4-3-5-18(19)23/h3-10,16H,11-14H2,1-2H3,(H,24,29). The van der Waals surface area contributed by atoms with Crippen molar-refractivity contribution in [2.75, 3.05) is 29.9 Å². The molecule has 8 heteroatoms. The second-order valence-corrected chi connectivity index (χ2v) is 9.14. The molecule has 6 nitrogen and oxygen atoms in total. The first-order chi connectivity index (χ1) is 14.5. The molecule has 0 aliphatic carbocycles. The number of hydrogen-bond donors (Lipinski definition) is 1. The molecule has 1 saturated heterocycles. The highest BCUT2D eigenvalue weighted by molar-refractivity contribution is 9.10. The fourth-order valence-corrected chi connectivity index (χ4v) is 4.62. The molecule has 1 aliphatic rings. The summed E-state index contributed by atoms with van der Waals surface area (Å²) in [7, 11) is 0. The molecule has 4 rings (SSSR count). The molecule has 1 fully saturated rings. The number of amides is 2. The molecule has 30 heavy (non-hydrogen) atoms. The molecule has 0 spiro atoms. The number of carbonyl (C=O) groups is 1. The monoisotopic (exact) mass is 485 g/mol. The van der Waals surface area contributed by atoms with Gasteiger partial charge in [-0.25, -0.2) is 9.78 Å². The lowest BCUT2D eigenvalue weighted by Crippen LogP contribution is -2.55. The minimum atomic E-state index is -0.0774. The van der Waals surface area contributed by atoms with Crippen LogP contribution in [0.2, 0.25) is 0 Å². The molecule has 1 aromatic heterocycles. The van der Waals surface area contributed by atoms with Gasteiger partial charge in [-0.1, -0.05) is 42.0 Å². The number of aromatic nitrogens is 2. The lowest BCUT2D eigenvalue weighted by Gasteiger charge is -2.39. The van der Waals surface area contributed by atoms with Crippen LogP contribution in [0.4, 0.5) is 15.6 Å². The van der Waals surface area contributed by atoms with Crippen molar-refractivity contribution < 1.29 is 4.79 Å². The first kappa shape index (κ1) is 20.8. The van der Waals surface area contributed by atoms with Crippen molar-refractivity contribution in [3.63, 3.8) is 0 Å². The summed E-state index contributed by atoms with van der Waals surface area (Å²) in [5.41, 5.74) is 3.25.